The number of rotatable bonds is 2. The van der Waals surface area contributed by atoms with Gasteiger partial charge in [-0.15, -0.1) is 0 Å². The zero-order chi connectivity index (χ0) is 13.4. The maximum Gasteiger partial charge on any atom is 0.258 e. The molecule has 0 bridgehead atoms. The average molecular weight is 258 g/mol. The highest BCUT2D eigenvalue weighted by atomic mass is 16.5. The molecule has 0 saturated heterocycles. The molecule has 0 unspecified atom stereocenters. The van der Waals surface area contributed by atoms with E-state index in [0.29, 0.717) is 6.73 Å². The van der Waals surface area contributed by atoms with Crippen molar-refractivity contribution in [3.63, 3.8) is 0 Å². The molecule has 0 radical (unpaired) electrons. The van der Waals surface area contributed by atoms with Crippen molar-refractivity contribution in [3.8, 4) is 0 Å². The third kappa shape index (κ3) is 1.92. The second-order valence-corrected chi connectivity index (χ2v) is 5.06. The molecule has 0 atom stereocenters. The lowest BCUT2D eigenvalue weighted by Gasteiger charge is -2.22. The molecule has 0 fully saturated rings. The van der Waals surface area contributed by atoms with Crippen LogP contribution in [0.1, 0.15) is 17.5 Å². The van der Waals surface area contributed by atoms with E-state index in [1.165, 1.54) is 0 Å². The van der Waals surface area contributed by atoms with Gasteiger partial charge in [-0.25, -0.2) is 0 Å². The Balaban J connectivity index is 2.41. The van der Waals surface area contributed by atoms with E-state index in [9.17, 15) is 4.79 Å². The number of aryl methyl sites for hydroxylation is 1. The lowest BCUT2D eigenvalue weighted by Crippen LogP contribution is -2.29. The standard InChI is InChI=1S/C15H18N2O2/c1-10-5-6-11-13(8-10)17(9-19-2)15(18)12-4-3-7-16-14(11)12/h5-6,8,16H,3-4,7,9H2,1-2H3. The number of hydrogen-bond donors (Lipinski definition) is 1. The second kappa shape index (κ2) is 4.70. The number of aromatic nitrogens is 1. The summed E-state index contributed by atoms with van der Waals surface area (Å²) in [5.41, 5.74) is 4.06. The normalized spacial score (nSPS) is 14.2. The SMILES string of the molecule is COCn1c(=O)c2c(c3ccc(C)cc31)NCCC2. The summed E-state index contributed by atoms with van der Waals surface area (Å²) in [4.78, 5) is 12.6. The van der Waals surface area contributed by atoms with Crippen LogP contribution in [0.2, 0.25) is 0 Å². The highest BCUT2D eigenvalue weighted by Gasteiger charge is 2.19. The minimum atomic E-state index is 0.0714. The molecule has 1 aromatic heterocycles. The first kappa shape index (κ1) is 12.2. The Morgan fingerprint density at radius 1 is 1.42 bits per heavy atom. The van der Waals surface area contributed by atoms with Crippen LogP contribution in [0.4, 0.5) is 5.69 Å². The van der Waals surface area contributed by atoms with Crippen molar-refractivity contribution in [2.45, 2.75) is 26.5 Å². The van der Waals surface area contributed by atoms with Crippen LogP contribution in [0.5, 0.6) is 0 Å². The quantitative estimate of drug-likeness (QED) is 0.898. The maximum atomic E-state index is 12.6. The second-order valence-electron chi connectivity index (χ2n) is 5.06. The highest BCUT2D eigenvalue weighted by Crippen LogP contribution is 2.29. The fraction of sp³-hybridized carbons (Fsp3) is 0.400. The van der Waals surface area contributed by atoms with Crippen LogP contribution in [-0.4, -0.2) is 18.2 Å². The van der Waals surface area contributed by atoms with Gasteiger partial charge in [0.25, 0.3) is 5.56 Å². The van der Waals surface area contributed by atoms with E-state index in [4.69, 9.17) is 4.74 Å². The van der Waals surface area contributed by atoms with Crippen molar-refractivity contribution in [1.82, 2.24) is 4.57 Å². The molecule has 19 heavy (non-hydrogen) atoms. The van der Waals surface area contributed by atoms with Gasteiger partial charge in [0.15, 0.2) is 0 Å². The Morgan fingerprint density at radius 3 is 3.05 bits per heavy atom. The smallest absolute Gasteiger partial charge is 0.258 e. The van der Waals surface area contributed by atoms with E-state index in [1.54, 1.807) is 11.7 Å². The largest absolute Gasteiger partial charge is 0.384 e. The van der Waals surface area contributed by atoms with Gasteiger partial charge in [-0.05, 0) is 31.4 Å². The Bertz CT molecular complexity index is 689. The van der Waals surface area contributed by atoms with Crippen LogP contribution in [0.25, 0.3) is 10.9 Å². The van der Waals surface area contributed by atoms with Crippen LogP contribution in [-0.2, 0) is 17.9 Å². The van der Waals surface area contributed by atoms with Crippen LogP contribution in [0.3, 0.4) is 0 Å². The molecule has 1 N–H and O–H groups in total. The van der Waals surface area contributed by atoms with Crippen molar-refractivity contribution >= 4 is 16.6 Å². The number of ether oxygens (including phenoxy) is 1. The number of benzene rings is 1. The number of nitrogens with zero attached hydrogens (tertiary/aromatic N) is 1. The molecule has 1 aliphatic heterocycles. The Morgan fingerprint density at radius 2 is 2.26 bits per heavy atom. The molecule has 2 heterocycles. The first-order chi connectivity index (χ1) is 9.22. The summed E-state index contributed by atoms with van der Waals surface area (Å²) in [6, 6.07) is 6.22. The van der Waals surface area contributed by atoms with Gasteiger partial charge in [0, 0.05) is 24.6 Å². The molecule has 0 saturated carbocycles. The predicted octanol–water partition coefficient (Wildman–Crippen LogP) is 2.27. The summed E-state index contributed by atoms with van der Waals surface area (Å²) in [6.45, 7) is 3.27. The third-order valence-electron chi connectivity index (χ3n) is 3.68. The van der Waals surface area contributed by atoms with Gasteiger partial charge >= 0.3 is 0 Å². The lowest BCUT2D eigenvalue weighted by molar-refractivity contribution is 0.131. The summed E-state index contributed by atoms with van der Waals surface area (Å²) in [6.07, 6.45) is 1.85. The van der Waals surface area contributed by atoms with Gasteiger partial charge in [0.05, 0.1) is 11.2 Å². The average Bonchev–Trinajstić information content (AvgIpc) is 2.43. The van der Waals surface area contributed by atoms with Gasteiger partial charge in [0.1, 0.15) is 6.73 Å². The van der Waals surface area contributed by atoms with Crippen molar-refractivity contribution in [3.05, 3.63) is 39.7 Å². The zero-order valence-electron chi connectivity index (χ0n) is 11.3. The zero-order valence-corrected chi connectivity index (χ0v) is 11.3. The molecule has 3 rings (SSSR count). The Kier molecular flexibility index (Phi) is 3.03. The highest BCUT2D eigenvalue weighted by molar-refractivity contribution is 5.93. The number of hydrogen-bond acceptors (Lipinski definition) is 3. The molecular formula is C15H18N2O2. The number of fused-ring (bicyclic) bond motifs is 3. The van der Waals surface area contributed by atoms with E-state index < -0.39 is 0 Å². The van der Waals surface area contributed by atoms with Gasteiger partial charge in [-0.2, -0.15) is 0 Å². The molecule has 4 heteroatoms. The summed E-state index contributed by atoms with van der Waals surface area (Å²) >= 11 is 0. The fourth-order valence-corrected chi connectivity index (χ4v) is 2.79. The van der Waals surface area contributed by atoms with Gasteiger partial charge in [-0.3, -0.25) is 9.36 Å². The maximum absolute atomic E-state index is 12.6. The molecule has 4 nitrogen and oxygen atoms in total. The summed E-state index contributed by atoms with van der Waals surface area (Å²) in [5, 5.41) is 4.49. The first-order valence-corrected chi connectivity index (χ1v) is 6.61. The van der Waals surface area contributed by atoms with Crippen molar-refractivity contribution in [1.29, 1.82) is 0 Å². The summed E-state index contributed by atoms with van der Waals surface area (Å²) in [5.74, 6) is 0. The Hall–Kier alpha value is -1.81. The molecule has 1 aliphatic rings. The molecular weight excluding hydrogens is 240 g/mol. The van der Waals surface area contributed by atoms with Crippen LogP contribution in [0.15, 0.2) is 23.0 Å². The number of methoxy groups -OCH3 is 1. The first-order valence-electron chi connectivity index (χ1n) is 6.61. The summed E-state index contributed by atoms with van der Waals surface area (Å²) in [7, 11) is 1.62. The molecule has 0 amide bonds. The molecule has 2 aromatic rings. The van der Waals surface area contributed by atoms with E-state index in [0.717, 1.165) is 47.1 Å². The minimum Gasteiger partial charge on any atom is -0.384 e. The van der Waals surface area contributed by atoms with E-state index >= 15 is 0 Å². The van der Waals surface area contributed by atoms with Crippen molar-refractivity contribution in [2.75, 3.05) is 19.0 Å². The monoisotopic (exact) mass is 258 g/mol. The number of pyridine rings is 1. The van der Waals surface area contributed by atoms with Crippen LogP contribution < -0.4 is 10.9 Å². The van der Waals surface area contributed by atoms with Gasteiger partial charge in [0.2, 0.25) is 0 Å². The molecule has 1 aromatic carbocycles. The van der Waals surface area contributed by atoms with Crippen LogP contribution >= 0.6 is 0 Å². The van der Waals surface area contributed by atoms with Crippen molar-refractivity contribution < 1.29 is 4.74 Å². The molecule has 100 valence electrons. The van der Waals surface area contributed by atoms with Crippen LogP contribution in [0, 0.1) is 6.92 Å². The van der Waals surface area contributed by atoms with E-state index in [-0.39, 0.29) is 5.56 Å². The minimum absolute atomic E-state index is 0.0714. The van der Waals surface area contributed by atoms with Gasteiger partial charge < -0.3 is 10.1 Å². The fourth-order valence-electron chi connectivity index (χ4n) is 2.79. The van der Waals surface area contributed by atoms with E-state index in [2.05, 4.69) is 17.4 Å². The predicted molar refractivity (Wildman–Crippen MR) is 76.8 cm³/mol. The van der Waals surface area contributed by atoms with Gasteiger partial charge in [-0.1, -0.05) is 12.1 Å². The topological polar surface area (TPSA) is 43.3 Å². The van der Waals surface area contributed by atoms with Crippen molar-refractivity contribution in [2.24, 2.45) is 0 Å². The Labute approximate surface area is 112 Å². The molecule has 0 spiro atoms. The molecule has 0 aliphatic carbocycles. The third-order valence-corrected chi connectivity index (χ3v) is 3.68. The van der Waals surface area contributed by atoms with E-state index in [1.807, 2.05) is 13.0 Å². The summed E-state index contributed by atoms with van der Waals surface area (Å²) < 4.78 is 6.92. The number of anilines is 1. The number of nitrogens with one attached hydrogen (secondary N) is 1. The lowest BCUT2D eigenvalue weighted by atomic mass is 10.0.